The van der Waals surface area contributed by atoms with E-state index < -0.39 is 0 Å². The van der Waals surface area contributed by atoms with Gasteiger partial charge >= 0.3 is 0 Å². The molecule has 0 radical (unpaired) electrons. The lowest BCUT2D eigenvalue weighted by molar-refractivity contribution is 0.565. The van der Waals surface area contributed by atoms with Gasteiger partial charge in [0.2, 0.25) is 0 Å². The fourth-order valence-corrected chi connectivity index (χ4v) is 1.61. The molecule has 0 fully saturated rings. The summed E-state index contributed by atoms with van der Waals surface area (Å²) < 4.78 is 10.6. The number of nitrogens with zero attached hydrogens (tertiary/aromatic N) is 2. The van der Waals surface area contributed by atoms with Crippen molar-refractivity contribution in [2.24, 2.45) is 0 Å². The fourth-order valence-electron chi connectivity index (χ4n) is 1.61. The van der Waals surface area contributed by atoms with Crippen LogP contribution in [-0.2, 0) is 0 Å². The van der Waals surface area contributed by atoms with E-state index in [-0.39, 0.29) is 0 Å². The maximum Gasteiger partial charge on any atom is 0.181 e. The second kappa shape index (κ2) is 3.66. The van der Waals surface area contributed by atoms with Crippen molar-refractivity contribution in [3.8, 4) is 22.6 Å². The van der Waals surface area contributed by atoms with Gasteiger partial charge in [0.05, 0.1) is 12.4 Å². The maximum atomic E-state index is 5.29. The molecular formula is C12H8N2O2. The van der Waals surface area contributed by atoms with Crippen LogP contribution in [0.5, 0.6) is 0 Å². The molecule has 0 bridgehead atoms. The summed E-state index contributed by atoms with van der Waals surface area (Å²) in [7, 11) is 0. The van der Waals surface area contributed by atoms with E-state index in [0.29, 0.717) is 11.5 Å². The molecule has 2 heterocycles. The molecule has 3 aromatic rings. The topological polar surface area (TPSA) is 52.1 Å². The summed E-state index contributed by atoms with van der Waals surface area (Å²) in [5.74, 6) is 1.43. The van der Waals surface area contributed by atoms with Gasteiger partial charge in [-0.15, -0.1) is 0 Å². The lowest BCUT2D eigenvalue weighted by atomic mass is 10.0. The molecule has 0 atom stereocenters. The Balaban J connectivity index is 2.19. The Labute approximate surface area is 91.6 Å². The molecule has 16 heavy (non-hydrogen) atoms. The van der Waals surface area contributed by atoms with Gasteiger partial charge < -0.3 is 8.83 Å². The molecule has 1 aromatic carbocycles. The Bertz CT molecular complexity index is 518. The molecule has 0 amide bonds. The van der Waals surface area contributed by atoms with E-state index in [4.69, 9.17) is 8.83 Å². The summed E-state index contributed by atoms with van der Waals surface area (Å²) in [5.41, 5.74) is 1.88. The number of rotatable bonds is 2. The monoisotopic (exact) mass is 212 g/mol. The first-order valence-corrected chi connectivity index (χ1v) is 4.82. The zero-order chi connectivity index (χ0) is 10.8. The van der Waals surface area contributed by atoms with Gasteiger partial charge in [-0.25, -0.2) is 9.97 Å². The van der Waals surface area contributed by atoms with Crippen molar-refractivity contribution in [1.82, 2.24) is 9.97 Å². The number of hydrogen-bond acceptors (Lipinski definition) is 4. The van der Waals surface area contributed by atoms with Crippen LogP contribution in [0.15, 0.2) is 58.3 Å². The average Bonchev–Trinajstić information content (AvgIpc) is 3.03. The minimum absolute atomic E-state index is 0.715. The first kappa shape index (κ1) is 8.91. The Kier molecular flexibility index (Phi) is 2.04. The van der Waals surface area contributed by atoms with Crippen LogP contribution in [0.1, 0.15) is 0 Å². The second-order valence-corrected chi connectivity index (χ2v) is 3.28. The average molecular weight is 212 g/mol. The second-order valence-electron chi connectivity index (χ2n) is 3.28. The molecular weight excluding hydrogens is 204 g/mol. The number of oxazole rings is 2. The quantitative estimate of drug-likeness (QED) is 0.655. The lowest BCUT2D eigenvalue weighted by Crippen LogP contribution is -1.80. The summed E-state index contributed by atoms with van der Waals surface area (Å²) in [6, 6.07) is 7.80. The fraction of sp³-hybridized carbons (Fsp3) is 0. The van der Waals surface area contributed by atoms with Crippen LogP contribution in [0.25, 0.3) is 22.6 Å². The largest absolute Gasteiger partial charge is 0.443 e. The van der Waals surface area contributed by atoms with Crippen LogP contribution >= 0.6 is 0 Å². The summed E-state index contributed by atoms with van der Waals surface area (Å²) in [5, 5.41) is 0. The van der Waals surface area contributed by atoms with E-state index in [2.05, 4.69) is 9.97 Å². The lowest BCUT2D eigenvalue weighted by Gasteiger charge is -2.02. The molecule has 0 aliphatic heterocycles. The Hall–Kier alpha value is -2.36. The van der Waals surface area contributed by atoms with Gasteiger partial charge in [0.25, 0.3) is 0 Å². The van der Waals surface area contributed by atoms with Crippen LogP contribution in [-0.4, -0.2) is 9.97 Å². The SMILES string of the molecule is c1ccc(-c2cnco2)c(-c2cnco2)c1. The van der Waals surface area contributed by atoms with Crippen LogP contribution in [0, 0.1) is 0 Å². The molecule has 3 rings (SSSR count). The molecule has 4 nitrogen and oxygen atoms in total. The number of aromatic nitrogens is 2. The highest BCUT2D eigenvalue weighted by Crippen LogP contribution is 2.31. The van der Waals surface area contributed by atoms with Crippen molar-refractivity contribution in [2.45, 2.75) is 0 Å². The highest BCUT2D eigenvalue weighted by Gasteiger charge is 2.11. The molecule has 2 aromatic heterocycles. The Morgan fingerprint density at radius 1 is 0.750 bits per heavy atom. The van der Waals surface area contributed by atoms with Gasteiger partial charge in [-0.3, -0.25) is 0 Å². The van der Waals surface area contributed by atoms with E-state index in [0.717, 1.165) is 11.1 Å². The molecule has 0 saturated heterocycles. The first-order chi connectivity index (χ1) is 7.95. The van der Waals surface area contributed by atoms with E-state index in [1.165, 1.54) is 12.8 Å². The molecule has 78 valence electrons. The molecule has 4 heteroatoms. The van der Waals surface area contributed by atoms with E-state index in [9.17, 15) is 0 Å². The highest BCUT2D eigenvalue weighted by molar-refractivity contribution is 5.77. The zero-order valence-corrected chi connectivity index (χ0v) is 8.33. The summed E-state index contributed by atoms with van der Waals surface area (Å²) >= 11 is 0. The molecule has 0 unspecified atom stereocenters. The van der Waals surface area contributed by atoms with Crippen LogP contribution in [0.2, 0.25) is 0 Å². The smallest absolute Gasteiger partial charge is 0.181 e. The first-order valence-electron chi connectivity index (χ1n) is 4.82. The Morgan fingerprint density at radius 3 is 1.62 bits per heavy atom. The third kappa shape index (κ3) is 1.40. The van der Waals surface area contributed by atoms with Crippen molar-refractivity contribution < 1.29 is 8.83 Å². The van der Waals surface area contributed by atoms with Crippen LogP contribution < -0.4 is 0 Å². The van der Waals surface area contributed by atoms with Crippen LogP contribution in [0.4, 0.5) is 0 Å². The van der Waals surface area contributed by atoms with Gasteiger partial charge in [0, 0.05) is 11.1 Å². The van der Waals surface area contributed by atoms with Crippen molar-refractivity contribution >= 4 is 0 Å². The minimum Gasteiger partial charge on any atom is -0.443 e. The standard InChI is InChI=1S/C12H8N2O2/c1-2-4-10(12-6-14-8-16-12)9(3-1)11-5-13-7-15-11/h1-8H. The van der Waals surface area contributed by atoms with Crippen molar-refractivity contribution in [2.75, 3.05) is 0 Å². The van der Waals surface area contributed by atoms with Gasteiger partial charge in [-0.2, -0.15) is 0 Å². The normalized spacial score (nSPS) is 10.5. The molecule has 0 aliphatic carbocycles. The van der Waals surface area contributed by atoms with Crippen molar-refractivity contribution in [3.63, 3.8) is 0 Å². The summed E-state index contributed by atoms with van der Waals surface area (Å²) in [6.45, 7) is 0. The van der Waals surface area contributed by atoms with Gasteiger partial charge in [0.15, 0.2) is 24.3 Å². The molecule has 0 N–H and O–H groups in total. The van der Waals surface area contributed by atoms with E-state index in [1.54, 1.807) is 12.4 Å². The van der Waals surface area contributed by atoms with E-state index in [1.807, 2.05) is 24.3 Å². The molecule has 0 saturated carbocycles. The highest BCUT2D eigenvalue weighted by atomic mass is 16.3. The van der Waals surface area contributed by atoms with Gasteiger partial charge in [-0.05, 0) is 0 Å². The summed E-state index contributed by atoms with van der Waals surface area (Å²) in [6.07, 6.45) is 6.17. The van der Waals surface area contributed by atoms with Gasteiger partial charge in [-0.1, -0.05) is 24.3 Å². The number of hydrogen-bond donors (Lipinski definition) is 0. The molecule has 0 spiro atoms. The predicted molar refractivity (Wildman–Crippen MR) is 57.4 cm³/mol. The van der Waals surface area contributed by atoms with Crippen LogP contribution in [0.3, 0.4) is 0 Å². The number of benzene rings is 1. The van der Waals surface area contributed by atoms with Crippen molar-refractivity contribution in [1.29, 1.82) is 0 Å². The van der Waals surface area contributed by atoms with Crippen molar-refractivity contribution in [3.05, 3.63) is 49.4 Å². The third-order valence-corrected chi connectivity index (χ3v) is 2.32. The predicted octanol–water partition coefficient (Wildman–Crippen LogP) is 3.00. The maximum absolute atomic E-state index is 5.29. The van der Waals surface area contributed by atoms with Gasteiger partial charge in [0.1, 0.15) is 0 Å². The molecule has 0 aliphatic rings. The minimum atomic E-state index is 0.715. The zero-order valence-electron chi connectivity index (χ0n) is 8.33. The Morgan fingerprint density at radius 2 is 1.25 bits per heavy atom. The summed E-state index contributed by atoms with van der Waals surface area (Å²) in [4.78, 5) is 7.82. The third-order valence-electron chi connectivity index (χ3n) is 2.32. The van der Waals surface area contributed by atoms with E-state index >= 15 is 0 Å².